The third kappa shape index (κ3) is 5.07. The summed E-state index contributed by atoms with van der Waals surface area (Å²) in [5.74, 6) is -0.491. The summed E-state index contributed by atoms with van der Waals surface area (Å²) in [6.45, 7) is 2.19. The van der Waals surface area contributed by atoms with E-state index in [2.05, 4.69) is 21.7 Å². The fraction of sp³-hybridized carbons (Fsp3) is 0.182. The number of hydrogen-bond donors (Lipinski definition) is 3. The molecule has 3 rings (SSSR count). The maximum absolute atomic E-state index is 12.2. The van der Waals surface area contributed by atoms with Gasteiger partial charge in [0.25, 0.3) is 0 Å². The largest absolute Gasteiger partial charge is 0.361 e. The molecular weight excluding hydrogens is 338 g/mol. The van der Waals surface area contributed by atoms with E-state index in [4.69, 9.17) is 0 Å². The molecule has 5 nitrogen and oxygen atoms in total. The first kappa shape index (κ1) is 18.5. The lowest BCUT2D eigenvalue weighted by atomic mass is 10.1. The molecule has 138 valence electrons. The molecule has 1 aromatic heterocycles. The van der Waals surface area contributed by atoms with Gasteiger partial charge in [0, 0.05) is 29.7 Å². The van der Waals surface area contributed by atoms with Gasteiger partial charge in [-0.2, -0.15) is 0 Å². The Morgan fingerprint density at radius 3 is 2.63 bits per heavy atom. The van der Waals surface area contributed by atoms with E-state index in [1.54, 1.807) is 13.0 Å². The van der Waals surface area contributed by atoms with Crippen molar-refractivity contribution < 1.29 is 9.59 Å². The molecule has 27 heavy (non-hydrogen) atoms. The molecular formula is C22H23N3O2. The van der Waals surface area contributed by atoms with Crippen molar-refractivity contribution in [2.45, 2.75) is 19.4 Å². The zero-order valence-electron chi connectivity index (χ0n) is 15.2. The van der Waals surface area contributed by atoms with Crippen molar-refractivity contribution in [1.82, 2.24) is 15.6 Å². The number of para-hydroxylation sites is 1. The SMILES string of the molecule is CC(NC(=O)/C=C/c1ccccc1)C(=O)NCCc1c[nH]c2ccccc12. The summed E-state index contributed by atoms with van der Waals surface area (Å²) >= 11 is 0. The van der Waals surface area contributed by atoms with Gasteiger partial charge in [0.05, 0.1) is 0 Å². The summed E-state index contributed by atoms with van der Waals surface area (Å²) in [7, 11) is 0. The Bertz CT molecular complexity index is 944. The molecule has 0 saturated carbocycles. The van der Waals surface area contributed by atoms with Crippen molar-refractivity contribution >= 4 is 28.8 Å². The van der Waals surface area contributed by atoms with E-state index in [0.29, 0.717) is 6.54 Å². The van der Waals surface area contributed by atoms with Crippen LogP contribution in [0.15, 0.2) is 66.9 Å². The number of hydrogen-bond acceptors (Lipinski definition) is 2. The van der Waals surface area contributed by atoms with Crippen LogP contribution in [0.4, 0.5) is 0 Å². The summed E-state index contributed by atoms with van der Waals surface area (Å²) in [5, 5.41) is 6.72. The van der Waals surface area contributed by atoms with Gasteiger partial charge in [-0.05, 0) is 36.6 Å². The Balaban J connectivity index is 1.45. The van der Waals surface area contributed by atoms with Crippen molar-refractivity contribution in [1.29, 1.82) is 0 Å². The van der Waals surface area contributed by atoms with E-state index < -0.39 is 6.04 Å². The lowest BCUT2D eigenvalue weighted by Crippen LogP contribution is -2.44. The summed E-state index contributed by atoms with van der Waals surface area (Å²) in [5.41, 5.74) is 3.18. The number of carbonyl (C=O) groups excluding carboxylic acids is 2. The van der Waals surface area contributed by atoms with Crippen LogP contribution in [-0.2, 0) is 16.0 Å². The van der Waals surface area contributed by atoms with Crippen molar-refractivity contribution in [3.8, 4) is 0 Å². The smallest absolute Gasteiger partial charge is 0.244 e. The van der Waals surface area contributed by atoms with Crippen LogP contribution in [0, 0.1) is 0 Å². The maximum atomic E-state index is 12.2. The predicted octanol–water partition coefficient (Wildman–Crippen LogP) is 3.04. The van der Waals surface area contributed by atoms with Crippen molar-refractivity contribution in [3.05, 3.63) is 78.0 Å². The number of fused-ring (bicyclic) bond motifs is 1. The third-order valence-corrected chi connectivity index (χ3v) is 4.35. The third-order valence-electron chi connectivity index (χ3n) is 4.35. The number of aromatic amines is 1. The van der Waals surface area contributed by atoms with E-state index in [1.165, 1.54) is 11.5 Å². The molecule has 3 aromatic rings. The zero-order chi connectivity index (χ0) is 19.1. The van der Waals surface area contributed by atoms with Gasteiger partial charge in [-0.1, -0.05) is 48.5 Å². The molecule has 3 N–H and O–H groups in total. The number of aromatic nitrogens is 1. The Morgan fingerprint density at radius 2 is 1.81 bits per heavy atom. The molecule has 0 fully saturated rings. The maximum Gasteiger partial charge on any atom is 0.244 e. The van der Waals surface area contributed by atoms with Gasteiger partial charge >= 0.3 is 0 Å². The Morgan fingerprint density at radius 1 is 1.07 bits per heavy atom. The average molecular weight is 361 g/mol. The molecule has 1 atom stereocenters. The molecule has 0 aliphatic heterocycles. The van der Waals surface area contributed by atoms with Crippen LogP contribution in [-0.4, -0.2) is 29.4 Å². The normalized spacial score (nSPS) is 12.2. The van der Waals surface area contributed by atoms with Crippen LogP contribution in [0.25, 0.3) is 17.0 Å². The van der Waals surface area contributed by atoms with Gasteiger partial charge in [-0.3, -0.25) is 9.59 Å². The lowest BCUT2D eigenvalue weighted by Gasteiger charge is -2.12. The standard InChI is InChI=1S/C22H23N3O2/c1-16(25-21(26)12-11-17-7-3-2-4-8-17)22(27)23-14-13-18-15-24-20-10-6-5-9-19(18)20/h2-12,15-16,24H,13-14H2,1H3,(H,23,27)(H,25,26)/b12-11+. The molecule has 0 aliphatic rings. The molecule has 0 radical (unpaired) electrons. The van der Waals surface area contributed by atoms with Gasteiger partial charge in [0.15, 0.2) is 0 Å². The van der Waals surface area contributed by atoms with Gasteiger partial charge in [0.2, 0.25) is 11.8 Å². The van der Waals surface area contributed by atoms with E-state index in [0.717, 1.165) is 23.1 Å². The van der Waals surface area contributed by atoms with Gasteiger partial charge in [-0.25, -0.2) is 0 Å². The van der Waals surface area contributed by atoms with Crippen LogP contribution >= 0.6 is 0 Å². The average Bonchev–Trinajstić information content (AvgIpc) is 3.10. The number of amides is 2. The highest BCUT2D eigenvalue weighted by molar-refractivity contribution is 5.95. The molecule has 2 amide bonds. The monoisotopic (exact) mass is 361 g/mol. The van der Waals surface area contributed by atoms with Gasteiger partial charge in [-0.15, -0.1) is 0 Å². The van der Waals surface area contributed by atoms with Gasteiger partial charge in [0.1, 0.15) is 6.04 Å². The van der Waals surface area contributed by atoms with E-state index in [1.807, 2.05) is 54.7 Å². The minimum Gasteiger partial charge on any atom is -0.361 e. The summed E-state index contributed by atoms with van der Waals surface area (Å²) in [4.78, 5) is 27.4. The fourth-order valence-corrected chi connectivity index (χ4v) is 2.88. The first-order valence-electron chi connectivity index (χ1n) is 9.00. The summed E-state index contributed by atoms with van der Waals surface area (Å²) in [6, 6.07) is 17.0. The Hall–Kier alpha value is -3.34. The Labute approximate surface area is 158 Å². The number of rotatable bonds is 7. The van der Waals surface area contributed by atoms with E-state index in [-0.39, 0.29) is 11.8 Å². The minimum atomic E-state index is -0.596. The number of benzene rings is 2. The second-order valence-electron chi connectivity index (χ2n) is 6.37. The molecule has 1 unspecified atom stereocenters. The molecule has 2 aromatic carbocycles. The predicted molar refractivity (Wildman–Crippen MR) is 108 cm³/mol. The van der Waals surface area contributed by atoms with Crippen molar-refractivity contribution in [2.75, 3.05) is 6.54 Å². The van der Waals surface area contributed by atoms with Crippen LogP contribution < -0.4 is 10.6 Å². The first-order chi connectivity index (χ1) is 13.1. The minimum absolute atomic E-state index is 0.198. The van der Waals surface area contributed by atoms with Gasteiger partial charge < -0.3 is 15.6 Å². The first-order valence-corrected chi connectivity index (χ1v) is 9.00. The van der Waals surface area contributed by atoms with Crippen LogP contribution in [0.1, 0.15) is 18.1 Å². The van der Waals surface area contributed by atoms with Crippen molar-refractivity contribution in [3.63, 3.8) is 0 Å². The van der Waals surface area contributed by atoms with Crippen LogP contribution in [0.3, 0.4) is 0 Å². The second kappa shape index (κ2) is 8.85. The summed E-state index contributed by atoms with van der Waals surface area (Å²) < 4.78 is 0. The van der Waals surface area contributed by atoms with Crippen LogP contribution in [0.5, 0.6) is 0 Å². The highest BCUT2D eigenvalue weighted by Crippen LogP contribution is 2.17. The quantitative estimate of drug-likeness (QED) is 0.566. The molecule has 0 saturated heterocycles. The molecule has 0 spiro atoms. The molecule has 1 heterocycles. The van der Waals surface area contributed by atoms with Crippen molar-refractivity contribution in [2.24, 2.45) is 0 Å². The Kier molecular flexibility index (Phi) is 6.05. The fourth-order valence-electron chi connectivity index (χ4n) is 2.88. The highest BCUT2D eigenvalue weighted by atomic mass is 16.2. The zero-order valence-corrected chi connectivity index (χ0v) is 15.2. The molecule has 0 bridgehead atoms. The number of carbonyl (C=O) groups is 2. The van der Waals surface area contributed by atoms with E-state index in [9.17, 15) is 9.59 Å². The molecule has 0 aliphatic carbocycles. The molecule has 5 heteroatoms. The van der Waals surface area contributed by atoms with E-state index >= 15 is 0 Å². The highest BCUT2D eigenvalue weighted by Gasteiger charge is 2.14. The topological polar surface area (TPSA) is 74.0 Å². The van der Waals surface area contributed by atoms with Crippen LogP contribution in [0.2, 0.25) is 0 Å². The number of nitrogens with one attached hydrogen (secondary N) is 3. The second-order valence-corrected chi connectivity index (χ2v) is 6.37. The lowest BCUT2D eigenvalue weighted by molar-refractivity contribution is -0.126. The summed E-state index contributed by atoms with van der Waals surface area (Å²) in [6.07, 6.45) is 5.85. The number of H-pyrrole nitrogens is 1.